The van der Waals surface area contributed by atoms with Crippen LogP contribution in [0, 0.1) is 5.41 Å². The van der Waals surface area contributed by atoms with Crippen LogP contribution in [-0.2, 0) is 24.8 Å². The molecule has 3 rings (SSSR count). The largest absolute Gasteiger partial charge is 0.273 e. The molecule has 1 saturated heterocycles. The van der Waals surface area contributed by atoms with Gasteiger partial charge in [0.05, 0.1) is 27.4 Å². The van der Waals surface area contributed by atoms with E-state index >= 15 is 0 Å². The van der Waals surface area contributed by atoms with Crippen molar-refractivity contribution >= 4 is 37.3 Å². The Bertz CT molecular complexity index is 1090. The van der Waals surface area contributed by atoms with E-state index in [1.165, 1.54) is 28.6 Å². The minimum absolute atomic E-state index is 0.0188. The molecule has 2 aromatic rings. The maximum atomic E-state index is 13.0. The molecule has 1 amide bonds. The molecule has 1 aliphatic rings. The number of hydrogen-bond donors (Lipinski definition) is 0. The third-order valence-electron chi connectivity index (χ3n) is 4.58. The molecule has 0 aromatic heterocycles. The molecule has 0 aliphatic carbocycles. The molecule has 0 radical (unpaired) electrons. The van der Waals surface area contributed by atoms with E-state index in [0.717, 1.165) is 4.31 Å². The highest BCUT2D eigenvalue weighted by atomic mass is 32.2. The van der Waals surface area contributed by atoms with Gasteiger partial charge in [0.1, 0.15) is 0 Å². The van der Waals surface area contributed by atoms with Crippen LogP contribution in [0.25, 0.3) is 0 Å². The lowest BCUT2D eigenvalue weighted by Crippen LogP contribution is -2.33. The van der Waals surface area contributed by atoms with Crippen molar-refractivity contribution in [2.45, 2.75) is 25.7 Å². The van der Waals surface area contributed by atoms with Gasteiger partial charge in [-0.2, -0.15) is 0 Å². The molecule has 0 unspecified atom stereocenters. The first kappa shape index (κ1) is 20.3. The van der Waals surface area contributed by atoms with Crippen molar-refractivity contribution in [1.82, 2.24) is 0 Å². The van der Waals surface area contributed by atoms with Crippen molar-refractivity contribution in [2.24, 2.45) is 5.41 Å². The Morgan fingerprint density at radius 2 is 1.61 bits per heavy atom. The fourth-order valence-corrected chi connectivity index (χ4v) is 6.81. The number of carbonyl (C=O) groups excluding carboxylic acids is 1. The van der Waals surface area contributed by atoms with Gasteiger partial charge in [0.15, 0.2) is 0 Å². The van der Waals surface area contributed by atoms with E-state index in [9.17, 15) is 21.6 Å². The third kappa shape index (κ3) is 3.40. The van der Waals surface area contributed by atoms with Gasteiger partial charge in [-0.3, -0.25) is 9.10 Å². The highest BCUT2D eigenvalue weighted by Gasteiger charge is 2.49. The summed E-state index contributed by atoms with van der Waals surface area (Å²) in [6.45, 7) is 5.12. The lowest BCUT2D eigenvalue weighted by molar-refractivity contribution is -0.123. The minimum atomic E-state index is -3.83. The molecular weight excluding hydrogens is 400 g/mol. The molecule has 0 saturated carbocycles. The van der Waals surface area contributed by atoms with Gasteiger partial charge < -0.3 is 0 Å². The van der Waals surface area contributed by atoms with Gasteiger partial charge >= 0.3 is 0 Å². The summed E-state index contributed by atoms with van der Waals surface area (Å²) in [4.78, 5) is 12.5. The number of hydrogen-bond acceptors (Lipinski definition) is 5. The van der Waals surface area contributed by atoms with Crippen LogP contribution in [0.3, 0.4) is 0 Å². The second-order valence-electron chi connectivity index (χ2n) is 7.21. The summed E-state index contributed by atoms with van der Waals surface area (Å²) in [6, 6.07) is 14.1. The van der Waals surface area contributed by atoms with E-state index in [1.54, 1.807) is 51.1 Å². The smallest absolute Gasteiger partial charge is 0.264 e. The number of carbonyl (C=O) groups is 1. The van der Waals surface area contributed by atoms with Gasteiger partial charge in [0, 0.05) is 6.54 Å². The summed E-state index contributed by atoms with van der Waals surface area (Å²) in [7, 11) is -7.61. The van der Waals surface area contributed by atoms with Crippen LogP contribution in [0.1, 0.15) is 20.8 Å². The molecule has 7 nitrogen and oxygen atoms in total. The standard InChI is InChI=1S/C19H22N2O5S2/c1-4-20(15-8-6-5-7-9-15)28(25,26)17-12-10-16(11-13-17)21-18(22)19(2,3)14-27(21,23)24/h5-13H,4,14H2,1-3H3. The normalized spacial score (nSPS) is 18.2. The lowest BCUT2D eigenvalue weighted by Gasteiger charge is -2.23. The lowest BCUT2D eigenvalue weighted by atomic mass is 9.95. The number of rotatable bonds is 5. The monoisotopic (exact) mass is 422 g/mol. The zero-order chi connectivity index (χ0) is 20.7. The van der Waals surface area contributed by atoms with E-state index < -0.39 is 31.4 Å². The van der Waals surface area contributed by atoms with Crippen LogP contribution in [0.4, 0.5) is 11.4 Å². The molecule has 1 heterocycles. The Morgan fingerprint density at radius 1 is 1.04 bits per heavy atom. The fourth-order valence-electron chi connectivity index (χ4n) is 3.23. The van der Waals surface area contributed by atoms with Gasteiger partial charge in [-0.25, -0.2) is 21.1 Å². The van der Waals surface area contributed by atoms with Crippen molar-refractivity contribution in [1.29, 1.82) is 0 Å². The topological polar surface area (TPSA) is 91.8 Å². The zero-order valence-electron chi connectivity index (χ0n) is 15.9. The number of anilines is 2. The van der Waals surface area contributed by atoms with Crippen LogP contribution >= 0.6 is 0 Å². The van der Waals surface area contributed by atoms with Gasteiger partial charge in [0.2, 0.25) is 15.9 Å². The molecule has 28 heavy (non-hydrogen) atoms. The van der Waals surface area contributed by atoms with Crippen molar-refractivity contribution in [3.05, 3.63) is 54.6 Å². The van der Waals surface area contributed by atoms with E-state index in [0.29, 0.717) is 5.69 Å². The van der Waals surface area contributed by atoms with Crippen molar-refractivity contribution in [3.63, 3.8) is 0 Å². The van der Waals surface area contributed by atoms with Crippen LogP contribution in [-0.4, -0.2) is 35.0 Å². The number of benzene rings is 2. The zero-order valence-corrected chi connectivity index (χ0v) is 17.5. The molecule has 0 atom stereocenters. The molecule has 0 bridgehead atoms. The van der Waals surface area contributed by atoms with Crippen molar-refractivity contribution in [2.75, 3.05) is 20.9 Å². The minimum Gasteiger partial charge on any atom is -0.273 e. The Hall–Kier alpha value is -2.39. The van der Waals surface area contributed by atoms with Gasteiger partial charge in [-0.1, -0.05) is 18.2 Å². The summed E-state index contributed by atoms with van der Waals surface area (Å²) >= 11 is 0. The summed E-state index contributed by atoms with van der Waals surface area (Å²) in [5.41, 5.74) is -0.346. The second kappa shape index (κ2) is 6.89. The van der Waals surface area contributed by atoms with Crippen LogP contribution in [0.15, 0.2) is 59.5 Å². The Morgan fingerprint density at radius 3 is 2.07 bits per heavy atom. The summed E-state index contributed by atoms with van der Waals surface area (Å²) in [5.74, 6) is -0.807. The molecular formula is C19H22N2O5S2. The van der Waals surface area contributed by atoms with Gasteiger partial charge in [-0.05, 0) is 57.2 Å². The molecule has 2 aromatic carbocycles. The Kier molecular flexibility index (Phi) is 5.01. The van der Waals surface area contributed by atoms with Crippen molar-refractivity contribution < 1.29 is 21.6 Å². The molecule has 9 heteroatoms. The van der Waals surface area contributed by atoms with Crippen LogP contribution < -0.4 is 8.61 Å². The van der Waals surface area contributed by atoms with E-state index in [2.05, 4.69) is 0 Å². The summed E-state index contributed by atoms with van der Waals surface area (Å²) < 4.78 is 52.8. The van der Waals surface area contributed by atoms with E-state index in [-0.39, 0.29) is 22.9 Å². The quantitative estimate of drug-likeness (QED) is 0.739. The number of para-hydroxylation sites is 1. The molecule has 0 N–H and O–H groups in total. The van der Waals surface area contributed by atoms with Gasteiger partial charge in [-0.15, -0.1) is 0 Å². The van der Waals surface area contributed by atoms with Crippen molar-refractivity contribution in [3.8, 4) is 0 Å². The second-order valence-corrected chi connectivity index (χ2v) is 10.9. The first-order valence-corrected chi connectivity index (χ1v) is 11.8. The SMILES string of the molecule is CCN(c1ccccc1)S(=O)(=O)c1ccc(N2C(=O)C(C)(C)CS2(=O)=O)cc1. The Labute approximate surface area is 165 Å². The molecule has 150 valence electrons. The molecule has 1 aliphatic heterocycles. The number of nitrogens with zero attached hydrogens (tertiary/aromatic N) is 2. The van der Waals surface area contributed by atoms with Crippen LogP contribution in [0.2, 0.25) is 0 Å². The average Bonchev–Trinajstić information content (AvgIpc) is 2.79. The maximum absolute atomic E-state index is 13.0. The summed E-state index contributed by atoms with van der Waals surface area (Å²) in [6.07, 6.45) is 0. The average molecular weight is 423 g/mol. The first-order chi connectivity index (χ1) is 13.0. The number of sulfonamides is 2. The van der Waals surface area contributed by atoms with Gasteiger partial charge in [0.25, 0.3) is 10.0 Å². The van der Waals surface area contributed by atoms with Crippen LogP contribution in [0.5, 0.6) is 0 Å². The predicted octanol–water partition coefficient (Wildman–Crippen LogP) is 2.60. The maximum Gasteiger partial charge on any atom is 0.264 e. The predicted molar refractivity (Wildman–Crippen MR) is 108 cm³/mol. The van der Waals surface area contributed by atoms with E-state index in [4.69, 9.17) is 0 Å². The summed E-state index contributed by atoms with van der Waals surface area (Å²) in [5, 5.41) is 0. The highest BCUT2D eigenvalue weighted by Crippen LogP contribution is 2.36. The Balaban J connectivity index is 1.98. The number of amides is 1. The fraction of sp³-hybridized carbons (Fsp3) is 0.316. The molecule has 0 spiro atoms. The third-order valence-corrected chi connectivity index (χ3v) is 8.51. The first-order valence-electron chi connectivity index (χ1n) is 8.76. The highest BCUT2D eigenvalue weighted by molar-refractivity contribution is 7.94. The molecule has 1 fully saturated rings. The van der Waals surface area contributed by atoms with E-state index in [1.807, 2.05) is 0 Å².